The van der Waals surface area contributed by atoms with Crippen molar-refractivity contribution in [3.8, 4) is 0 Å². The van der Waals surface area contributed by atoms with Crippen molar-refractivity contribution in [3.05, 3.63) is 45.5 Å². The van der Waals surface area contributed by atoms with Gasteiger partial charge in [-0.2, -0.15) is 0 Å². The molecule has 1 unspecified atom stereocenters. The molecule has 0 aliphatic carbocycles. The minimum atomic E-state index is -0.611. The van der Waals surface area contributed by atoms with Gasteiger partial charge in [0.2, 0.25) is 0 Å². The highest BCUT2D eigenvalue weighted by atomic mass is 127. The Labute approximate surface area is 149 Å². The summed E-state index contributed by atoms with van der Waals surface area (Å²) >= 11 is 7.21. The van der Waals surface area contributed by atoms with Gasteiger partial charge in [-0.1, -0.05) is 11.6 Å². The van der Waals surface area contributed by atoms with Gasteiger partial charge in [-0.25, -0.2) is 0 Å². The molecule has 1 atom stereocenters. The van der Waals surface area contributed by atoms with E-state index in [0.717, 1.165) is 10.4 Å². The molecule has 0 radical (unpaired) electrons. The topological polar surface area (TPSA) is 69.8 Å². The number of halogens is 2. The SMILES string of the molecule is CN=C(NCc1ccoc1)NCC(O)c1ccc(Cl)s1.I. The van der Waals surface area contributed by atoms with Gasteiger partial charge in [0.1, 0.15) is 6.10 Å². The van der Waals surface area contributed by atoms with Crippen molar-refractivity contribution in [2.24, 2.45) is 4.99 Å². The van der Waals surface area contributed by atoms with Crippen LogP contribution in [0.3, 0.4) is 0 Å². The Kier molecular flexibility index (Phi) is 8.09. The lowest BCUT2D eigenvalue weighted by Gasteiger charge is -2.14. The average Bonchev–Trinajstić information content (AvgIpc) is 3.10. The molecular formula is C13H17ClIN3O2S. The molecule has 116 valence electrons. The Balaban J connectivity index is 0.00000220. The number of hydrogen-bond donors (Lipinski definition) is 3. The van der Waals surface area contributed by atoms with Gasteiger partial charge < -0.3 is 20.2 Å². The normalized spacial score (nSPS) is 12.6. The van der Waals surface area contributed by atoms with E-state index >= 15 is 0 Å². The van der Waals surface area contributed by atoms with Crippen LogP contribution in [0, 0.1) is 0 Å². The smallest absolute Gasteiger partial charge is 0.191 e. The van der Waals surface area contributed by atoms with E-state index in [4.69, 9.17) is 16.0 Å². The van der Waals surface area contributed by atoms with Crippen molar-refractivity contribution >= 4 is 52.9 Å². The van der Waals surface area contributed by atoms with Crippen LogP contribution >= 0.6 is 46.9 Å². The molecular weight excluding hydrogens is 425 g/mol. The molecule has 0 saturated carbocycles. The molecule has 0 bridgehead atoms. The Morgan fingerprint density at radius 3 is 2.81 bits per heavy atom. The van der Waals surface area contributed by atoms with Crippen LogP contribution in [0.5, 0.6) is 0 Å². The van der Waals surface area contributed by atoms with Crippen LogP contribution in [0.25, 0.3) is 0 Å². The van der Waals surface area contributed by atoms with Crippen molar-refractivity contribution < 1.29 is 9.52 Å². The summed E-state index contributed by atoms with van der Waals surface area (Å²) in [5, 5.41) is 16.2. The van der Waals surface area contributed by atoms with Gasteiger partial charge in [-0.05, 0) is 18.2 Å². The quantitative estimate of drug-likeness (QED) is 0.379. The maximum atomic E-state index is 10.0. The molecule has 0 saturated heterocycles. The highest BCUT2D eigenvalue weighted by Gasteiger charge is 2.10. The summed E-state index contributed by atoms with van der Waals surface area (Å²) in [6, 6.07) is 5.47. The minimum Gasteiger partial charge on any atom is -0.472 e. The first-order valence-electron chi connectivity index (χ1n) is 6.08. The Morgan fingerprint density at radius 2 is 2.24 bits per heavy atom. The zero-order valence-electron chi connectivity index (χ0n) is 11.4. The number of aliphatic imine (C=N–C) groups is 1. The fourth-order valence-corrected chi connectivity index (χ4v) is 2.65. The Bertz CT molecular complexity index is 560. The Hall–Kier alpha value is -0.770. The van der Waals surface area contributed by atoms with E-state index in [2.05, 4.69) is 15.6 Å². The highest BCUT2D eigenvalue weighted by molar-refractivity contribution is 14.0. The summed E-state index contributed by atoms with van der Waals surface area (Å²) < 4.78 is 5.66. The number of aliphatic hydroxyl groups excluding tert-OH is 1. The molecule has 2 rings (SSSR count). The van der Waals surface area contributed by atoms with E-state index in [1.165, 1.54) is 11.3 Å². The second-order valence-corrected chi connectivity index (χ2v) is 5.84. The van der Waals surface area contributed by atoms with Crippen molar-refractivity contribution in [3.63, 3.8) is 0 Å². The van der Waals surface area contributed by atoms with Gasteiger partial charge in [0.15, 0.2) is 5.96 Å². The maximum absolute atomic E-state index is 10.0. The third kappa shape index (κ3) is 5.85. The standard InChI is InChI=1S/C13H16ClN3O2S.HI/c1-15-13(16-6-9-4-5-19-8-9)17-7-10(18)11-2-3-12(14)20-11;/h2-5,8,10,18H,6-7H2,1H3,(H2,15,16,17);1H. The summed E-state index contributed by atoms with van der Waals surface area (Å²) in [6.45, 7) is 0.971. The number of rotatable bonds is 5. The molecule has 5 nitrogen and oxygen atoms in total. The van der Waals surface area contributed by atoms with Gasteiger partial charge >= 0.3 is 0 Å². The molecule has 3 N–H and O–H groups in total. The predicted octanol–water partition coefficient (Wildman–Crippen LogP) is 3.01. The van der Waals surface area contributed by atoms with Crippen LogP contribution in [-0.4, -0.2) is 24.7 Å². The van der Waals surface area contributed by atoms with E-state index < -0.39 is 6.10 Å². The molecule has 0 aliphatic heterocycles. The van der Waals surface area contributed by atoms with Gasteiger partial charge in [0.05, 0.1) is 16.9 Å². The third-order valence-corrected chi connectivity index (χ3v) is 3.98. The maximum Gasteiger partial charge on any atom is 0.191 e. The largest absolute Gasteiger partial charge is 0.472 e. The number of nitrogens with zero attached hydrogens (tertiary/aromatic N) is 1. The van der Waals surface area contributed by atoms with E-state index in [1.807, 2.05) is 12.1 Å². The molecule has 0 aliphatic rings. The van der Waals surface area contributed by atoms with Crippen LogP contribution in [0.4, 0.5) is 0 Å². The molecule has 8 heteroatoms. The lowest BCUT2D eigenvalue weighted by Crippen LogP contribution is -2.38. The van der Waals surface area contributed by atoms with Crippen LogP contribution in [0.2, 0.25) is 4.34 Å². The van der Waals surface area contributed by atoms with Crippen LogP contribution in [-0.2, 0) is 6.54 Å². The summed E-state index contributed by atoms with van der Waals surface area (Å²) in [5.74, 6) is 0.618. The Morgan fingerprint density at radius 1 is 1.43 bits per heavy atom. The van der Waals surface area contributed by atoms with Crippen molar-refractivity contribution in [1.29, 1.82) is 0 Å². The lowest BCUT2D eigenvalue weighted by atomic mass is 10.3. The molecule has 2 aromatic heterocycles. The molecule has 0 amide bonds. The van der Waals surface area contributed by atoms with E-state index in [0.29, 0.717) is 23.4 Å². The minimum absolute atomic E-state index is 0. The first-order chi connectivity index (χ1) is 9.69. The van der Waals surface area contributed by atoms with Crippen LogP contribution in [0.15, 0.2) is 40.1 Å². The average molecular weight is 442 g/mol. The van der Waals surface area contributed by atoms with Crippen molar-refractivity contribution in [1.82, 2.24) is 10.6 Å². The molecule has 0 spiro atoms. The van der Waals surface area contributed by atoms with Gasteiger partial charge in [0.25, 0.3) is 0 Å². The highest BCUT2D eigenvalue weighted by Crippen LogP contribution is 2.26. The second kappa shape index (κ2) is 9.29. The van der Waals surface area contributed by atoms with E-state index in [9.17, 15) is 5.11 Å². The number of guanidine groups is 1. The summed E-state index contributed by atoms with van der Waals surface area (Å²) in [5.41, 5.74) is 1.03. The fraction of sp³-hybridized carbons (Fsp3) is 0.308. The van der Waals surface area contributed by atoms with Gasteiger partial charge in [0, 0.05) is 30.6 Å². The van der Waals surface area contributed by atoms with Crippen molar-refractivity contribution in [2.75, 3.05) is 13.6 Å². The summed E-state index contributed by atoms with van der Waals surface area (Å²) in [4.78, 5) is 4.92. The molecule has 2 aromatic rings. The number of nitrogens with one attached hydrogen (secondary N) is 2. The van der Waals surface area contributed by atoms with Crippen LogP contribution in [0.1, 0.15) is 16.5 Å². The lowest BCUT2D eigenvalue weighted by molar-refractivity contribution is 0.184. The summed E-state index contributed by atoms with van der Waals surface area (Å²) in [6.07, 6.45) is 2.68. The molecule has 21 heavy (non-hydrogen) atoms. The van der Waals surface area contributed by atoms with E-state index in [1.54, 1.807) is 25.6 Å². The van der Waals surface area contributed by atoms with Crippen LogP contribution < -0.4 is 10.6 Å². The predicted molar refractivity (Wildman–Crippen MR) is 96.6 cm³/mol. The number of thiophene rings is 1. The fourth-order valence-electron chi connectivity index (χ4n) is 1.60. The first kappa shape index (κ1) is 18.3. The van der Waals surface area contributed by atoms with Gasteiger partial charge in [-0.3, -0.25) is 4.99 Å². The van der Waals surface area contributed by atoms with Crippen molar-refractivity contribution in [2.45, 2.75) is 12.6 Å². The van der Waals surface area contributed by atoms with E-state index in [-0.39, 0.29) is 24.0 Å². The zero-order chi connectivity index (χ0) is 14.4. The first-order valence-corrected chi connectivity index (χ1v) is 7.27. The number of hydrogen-bond acceptors (Lipinski definition) is 4. The zero-order valence-corrected chi connectivity index (χ0v) is 15.3. The molecule has 0 aromatic carbocycles. The molecule has 2 heterocycles. The third-order valence-electron chi connectivity index (χ3n) is 2.65. The molecule has 0 fully saturated rings. The van der Waals surface area contributed by atoms with Gasteiger partial charge in [-0.15, -0.1) is 35.3 Å². The number of furan rings is 1. The monoisotopic (exact) mass is 441 g/mol. The number of aliphatic hydroxyl groups is 1. The second-order valence-electron chi connectivity index (χ2n) is 4.10. The summed E-state index contributed by atoms with van der Waals surface area (Å²) in [7, 11) is 1.68.